The summed E-state index contributed by atoms with van der Waals surface area (Å²) in [6, 6.07) is 0. The van der Waals surface area contributed by atoms with Crippen LogP contribution in [0, 0.1) is 0 Å². The van der Waals surface area contributed by atoms with Crippen LogP contribution < -0.4 is 10.2 Å². The number of carboxylic acids is 2. The van der Waals surface area contributed by atoms with Crippen LogP contribution in [0.3, 0.4) is 0 Å². The standard InChI is InChI=1S/2C8H13ClO2.Ca/c2*9-7-5-3-1-2-4-6-8(10)11;/h2*3,5H,1-2,4,6-7H2,(H,10,11);/q;;+2/p-2/b2*5-3+;. The molecule has 0 heterocycles. The van der Waals surface area contributed by atoms with Gasteiger partial charge in [-0.15, -0.1) is 23.2 Å². The minimum atomic E-state index is -0.966. The molecule has 0 atom stereocenters. The molecule has 0 aliphatic carbocycles. The molecule has 0 saturated carbocycles. The van der Waals surface area contributed by atoms with Gasteiger partial charge in [0.05, 0.1) is 0 Å². The average Bonchev–Trinajstić information content (AvgIpc) is 2.46. The molecule has 128 valence electrons. The van der Waals surface area contributed by atoms with E-state index in [0.29, 0.717) is 24.6 Å². The normalized spacial score (nSPS) is 10.2. The van der Waals surface area contributed by atoms with Crippen LogP contribution in [-0.4, -0.2) is 61.4 Å². The van der Waals surface area contributed by atoms with Crippen molar-refractivity contribution >= 4 is 72.9 Å². The quantitative estimate of drug-likeness (QED) is 0.220. The molecule has 23 heavy (non-hydrogen) atoms. The van der Waals surface area contributed by atoms with Crippen LogP contribution >= 0.6 is 23.2 Å². The number of halogens is 2. The van der Waals surface area contributed by atoms with Gasteiger partial charge in [-0.05, 0) is 51.4 Å². The second kappa shape index (κ2) is 24.5. The van der Waals surface area contributed by atoms with Crippen molar-refractivity contribution in [3.8, 4) is 0 Å². The van der Waals surface area contributed by atoms with Crippen molar-refractivity contribution in [2.75, 3.05) is 11.8 Å². The van der Waals surface area contributed by atoms with Gasteiger partial charge in [-0.2, -0.15) is 0 Å². The largest absolute Gasteiger partial charge is 2.00 e. The summed E-state index contributed by atoms with van der Waals surface area (Å²) in [4.78, 5) is 19.9. The van der Waals surface area contributed by atoms with Gasteiger partial charge in [-0.25, -0.2) is 0 Å². The Balaban J connectivity index is -0.000000333. The van der Waals surface area contributed by atoms with Crippen molar-refractivity contribution in [1.82, 2.24) is 0 Å². The van der Waals surface area contributed by atoms with Crippen molar-refractivity contribution in [3.05, 3.63) is 24.3 Å². The Kier molecular flexibility index (Phi) is 29.9. The molecule has 0 aliphatic heterocycles. The van der Waals surface area contributed by atoms with Gasteiger partial charge < -0.3 is 19.8 Å². The predicted octanol–water partition coefficient (Wildman–Crippen LogP) is 1.80. The molecular weight excluding hydrogens is 367 g/mol. The molecule has 0 aromatic rings. The monoisotopic (exact) mass is 390 g/mol. The van der Waals surface area contributed by atoms with Crippen molar-refractivity contribution in [2.45, 2.75) is 51.4 Å². The van der Waals surface area contributed by atoms with Crippen molar-refractivity contribution < 1.29 is 19.8 Å². The third-order valence-electron chi connectivity index (χ3n) is 2.51. The summed E-state index contributed by atoms with van der Waals surface area (Å²) >= 11 is 10.7. The third kappa shape index (κ3) is 34.6. The van der Waals surface area contributed by atoms with Crippen LogP contribution in [-0.2, 0) is 9.59 Å². The maximum atomic E-state index is 9.94. The number of hydrogen-bond donors (Lipinski definition) is 0. The maximum Gasteiger partial charge on any atom is 2.00 e. The fraction of sp³-hybridized carbons (Fsp3) is 0.625. The van der Waals surface area contributed by atoms with Crippen LogP contribution in [0.4, 0.5) is 0 Å². The first-order chi connectivity index (χ1) is 10.5. The van der Waals surface area contributed by atoms with Gasteiger partial charge in [0.1, 0.15) is 0 Å². The van der Waals surface area contributed by atoms with Gasteiger partial charge in [0.2, 0.25) is 0 Å². The number of rotatable bonds is 12. The summed E-state index contributed by atoms with van der Waals surface area (Å²) < 4.78 is 0. The summed E-state index contributed by atoms with van der Waals surface area (Å²) in [5.74, 6) is -0.876. The van der Waals surface area contributed by atoms with Crippen molar-refractivity contribution in [1.29, 1.82) is 0 Å². The molecule has 0 aliphatic rings. The molecule has 0 aromatic heterocycles. The van der Waals surface area contributed by atoms with Crippen LogP contribution in [0.5, 0.6) is 0 Å². The fourth-order valence-electron chi connectivity index (χ4n) is 1.42. The van der Waals surface area contributed by atoms with E-state index in [1.165, 1.54) is 0 Å². The SMILES string of the molecule is O=C([O-])CCCC/C=C/CCl.O=C([O-])CCCC/C=C/CCl.[Ca+2]. The summed E-state index contributed by atoms with van der Waals surface area (Å²) in [5.41, 5.74) is 0. The first-order valence-electron chi connectivity index (χ1n) is 7.36. The van der Waals surface area contributed by atoms with Crippen LogP contribution in [0.1, 0.15) is 51.4 Å². The number of carbonyl (C=O) groups is 2. The summed E-state index contributed by atoms with van der Waals surface area (Å²) in [5, 5.41) is 19.9. The van der Waals surface area contributed by atoms with E-state index < -0.39 is 11.9 Å². The van der Waals surface area contributed by atoms with Gasteiger partial charge in [0.25, 0.3) is 0 Å². The molecule has 0 N–H and O–H groups in total. The summed E-state index contributed by atoms with van der Waals surface area (Å²) in [6.45, 7) is 0. The van der Waals surface area contributed by atoms with E-state index in [4.69, 9.17) is 23.2 Å². The van der Waals surface area contributed by atoms with E-state index in [0.717, 1.165) is 25.7 Å². The zero-order chi connectivity index (χ0) is 17.1. The van der Waals surface area contributed by atoms with Crippen LogP contribution in [0.15, 0.2) is 24.3 Å². The Morgan fingerprint density at radius 3 is 1.30 bits per heavy atom. The third-order valence-corrected chi connectivity index (χ3v) is 2.87. The Morgan fingerprint density at radius 2 is 1.04 bits per heavy atom. The van der Waals surface area contributed by atoms with Gasteiger partial charge in [0, 0.05) is 23.7 Å². The van der Waals surface area contributed by atoms with E-state index in [9.17, 15) is 19.8 Å². The Hall–Kier alpha value is 0.260. The zero-order valence-corrected chi connectivity index (χ0v) is 17.2. The molecule has 0 aromatic carbocycles. The maximum absolute atomic E-state index is 9.94. The van der Waals surface area contributed by atoms with E-state index in [-0.39, 0.29) is 50.6 Å². The predicted molar refractivity (Wildman–Crippen MR) is 92.4 cm³/mol. The molecule has 0 fully saturated rings. The number of unbranched alkanes of at least 4 members (excludes halogenated alkanes) is 4. The molecule has 7 heteroatoms. The molecule has 0 bridgehead atoms. The molecule has 0 spiro atoms. The Labute approximate surface area is 178 Å². The molecule has 0 rings (SSSR count). The van der Waals surface area contributed by atoms with Crippen molar-refractivity contribution in [2.24, 2.45) is 0 Å². The van der Waals surface area contributed by atoms with Crippen molar-refractivity contribution in [3.63, 3.8) is 0 Å². The zero-order valence-electron chi connectivity index (χ0n) is 13.5. The molecule has 0 saturated heterocycles. The average molecular weight is 391 g/mol. The first kappa shape index (κ1) is 28.1. The van der Waals surface area contributed by atoms with E-state index in [1.807, 2.05) is 24.3 Å². The van der Waals surface area contributed by atoms with Gasteiger partial charge in [-0.3, -0.25) is 0 Å². The van der Waals surface area contributed by atoms with E-state index in [2.05, 4.69) is 0 Å². The van der Waals surface area contributed by atoms with Gasteiger partial charge in [-0.1, -0.05) is 24.3 Å². The van der Waals surface area contributed by atoms with E-state index >= 15 is 0 Å². The van der Waals surface area contributed by atoms with Gasteiger partial charge in [0.15, 0.2) is 0 Å². The van der Waals surface area contributed by atoms with E-state index in [1.54, 1.807) is 0 Å². The molecule has 0 radical (unpaired) electrons. The minimum absolute atomic E-state index is 0. The Bertz CT molecular complexity index is 302. The second-order valence-corrected chi connectivity index (χ2v) is 5.10. The summed E-state index contributed by atoms with van der Waals surface area (Å²) in [7, 11) is 0. The first-order valence-corrected chi connectivity index (χ1v) is 8.43. The number of hydrogen-bond acceptors (Lipinski definition) is 4. The smallest absolute Gasteiger partial charge is 0.550 e. The van der Waals surface area contributed by atoms with Crippen LogP contribution in [0.25, 0.3) is 0 Å². The number of carbonyl (C=O) groups excluding carboxylic acids is 2. The molecule has 4 nitrogen and oxygen atoms in total. The fourth-order valence-corrected chi connectivity index (χ4v) is 1.68. The number of alkyl halides is 2. The Morgan fingerprint density at radius 1 is 0.696 bits per heavy atom. The minimum Gasteiger partial charge on any atom is -0.550 e. The summed E-state index contributed by atoms with van der Waals surface area (Å²) in [6.07, 6.45) is 12.9. The van der Waals surface area contributed by atoms with Crippen LogP contribution in [0.2, 0.25) is 0 Å². The molecular formula is C16H24CaCl2O4. The number of aliphatic carboxylic acids is 2. The number of allylic oxidation sites excluding steroid dienone is 4. The topological polar surface area (TPSA) is 80.3 Å². The molecule has 0 amide bonds. The number of carboxylic acid groups (broad SMARTS) is 2. The molecule has 0 unspecified atom stereocenters. The second-order valence-electron chi connectivity index (χ2n) is 4.49. The van der Waals surface area contributed by atoms with Gasteiger partial charge >= 0.3 is 37.7 Å².